The summed E-state index contributed by atoms with van der Waals surface area (Å²) in [5.41, 5.74) is 4.68. The van der Waals surface area contributed by atoms with E-state index in [1.54, 1.807) is 11.6 Å². The van der Waals surface area contributed by atoms with Crippen molar-refractivity contribution in [2.45, 2.75) is 37.0 Å². The number of tetrazole rings is 1. The molecule has 1 aromatic heterocycles. The van der Waals surface area contributed by atoms with Crippen molar-refractivity contribution in [1.82, 2.24) is 25.5 Å². The molecule has 2 rings (SSSR count). The van der Waals surface area contributed by atoms with Gasteiger partial charge in [0.2, 0.25) is 11.1 Å². The van der Waals surface area contributed by atoms with Gasteiger partial charge >= 0.3 is 0 Å². The number of carbonyl (C=O) groups excluding carboxylic acids is 1. The van der Waals surface area contributed by atoms with Gasteiger partial charge in [-0.05, 0) is 36.1 Å². The van der Waals surface area contributed by atoms with Gasteiger partial charge in [0.1, 0.15) is 5.54 Å². The lowest BCUT2D eigenvalue weighted by Gasteiger charge is -2.22. The third-order valence-corrected chi connectivity index (χ3v) is 4.15. The first-order valence-electron chi connectivity index (χ1n) is 6.40. The topological polar surface area (TPSA) is 123 Å². The fraction of sp³-hybridized carbons (Fsp3) is 0.727. The van der Waals surface area contributed by atoms with E-state index in [0.29, 0.717) is 18.2 Å². The molecule has 20 heavy (non-hydrogen) atoms. The van der Waals surface area contributed by atoms with Gasteiger partial charge in [-0.2, -0.15) is 5.26 Å². The first kappa shape index (κ1) is 14.7. The number of nitriles is 1. The molecule has 1 amide bonds. The predicted octanol–water partition coefficient (Wildman–Crippen LogP) is -0.468. The van der Waals surface area contributed by atoms with E-state index in [1.165, 1.54) is 11.8 Å². The van der Waals surface area contributed by atoms with Crippen molar-refractivity contribution in [3.63, 3.8) is 0 Å². The van der Waals surface area contributed by atoms with Crippen LogP contribution < -0.4 is 11.1 Å². The highest BCUT2D eigenvalue weighted by molar-refractivity contribution is 7.99. The van der Waals surface area contributed by atoms with Crippen molar-refractivity contribution in [1.29, 1.82) is 5.26 Å². The molecular formula is C11H17N7OS. The van der Waals surface area contributed by atoms with Crippen molar-refractivity contribution in [3.8, 4) is 6.07 Å². The molecule has 3 N–H and O–H groups in total. The number of nitrogens with one attached hydrogen (secondary N) is 1. The van der Waals surface area contributed by atoms with Crippen LogP contribution in [0.15, 0.2) is 5.16 Å². The summed E-state index contributed by atoms with van der Waals surface area (Å²) in [6.45, 7) is 2.71. The Morgan fingerprint density at radius 3 is 3.05 bits per heavy atom. The van der Waals surface area contributed by atoms with Gasteiger partial charge in [-0.1, -0.05) is 11.8 Å². The molecule has 1 fully saturated rings. The first-order valence-corrected chi connectivity index (χ1v) is 7.39. The van der Waals surface area contributed by atoms with Gasteiger partial charge in [-0.15, -0.1) is 5.10 Å². The zero-order chi connectivity index (χ0) is 14.6. The molecule has 0 aromatic carbocycles. The van der Waals surface area contributed by atoms with E-state index in [4.69, 9.17) is 5.73 Å². The van der Waals surface area contributed by atoms with E-state index >= 15 is 0 Å². The summed E-state index contributed by atoms with van der Waals surface area (Å²) in [5.74, 6) is 0.256. The standard InChI is InChI=1S/C11H17N7OS/c1-11(7-13,8-2-3-8)14-9(19)6-20-10-15-16-17-18(10)5-4-12/h8H,2-6,12H2,1H3,(H,14,19). The fourth-order valence-electron chi connectivity index (χ4n) is 1.90. The Hall–Kier alpha value is -1.66. The van der Waals surface area contributed by atoms with Gasteiger partial charge in [-0.3, -0.25) is 4.79 Å². The lowest BCUT2D eigenvalue weighted by molar-refractivity contribution is -0.119. The van der Waals surface area contributed by atoms with Crippen LogP contribution in [0.25, 0.3) is 0 Å². The van der Waals surface area contributed by atoms with Crippen LogP contribution in [0.1, 0.15) is 19.8 Å². The molecule has 1 aliphatic rings. The minimum absolute atomic E-state index is 0.176. The van der Waals surface area contributed by atoms with Crippen LogP contribution in [0.3, 0.4) is 0 Å². The Morgan fingerprint density at radius 2 is 2.45 bits per heavy atom. The summed E-state index contributed by atoms with van der Waals surface area (Å²) in [7, 11) is 0. The Morgan fingerprint density at radius 1 is 1.70 bits per heavy atom. The average molecular weight is 295 g/mol. The molecule has 1 aromatic rings. The monoisotopic (exact) mass is 295 g/mol. The second-order valence-electron chi connectivity index (χ2n) is 4.90. The smallest absolute Gasteiger partial charge is 0.231 e. The zero-order valence-corrected chi connectivity index (χ0v) is 12.1. The van der Waals surface area contributed by atoms with Crippen molar-refractivity contribution in [2.24, 2.45) is 11.7 Å². The van der Waals surface area contributed by atoms with Crippen molar-refractivity contribution in [3.05, 3.63) is 0 Å². The number of rotatable bonds is 7. The molecule has 108 valence electrons. The maximum Gasteiger partial charge on any atom is 0.231 e. The number of hydrogen-bond donors (Lipinski definition) is 2. The van der Waals surface area contributed by atoms with Crippen LogP contribution in [-0.2, 0) is 11.3 Å². The van der Waals surface area contributed by atoms with Gasteiger partial charge in [0.25, 0.3) is 0 Å². The summed E-state index contributed by atoms with van der Waals surface area (Å²) < 4.78 is 1.56. The Labute approximate surface area is 121 Å². The normalized spacial score (nSPS) is 17.2. The summed E-state index contributed by atoms with van der Waals surface area (Å²) in [6, 6.07) is 2.19. The van der Waals surface area contributed by atoms with Crippen molar-refractivity contribution in [2.75, 3.05) is 12.3 Å². The third kappa shape index (κ3) is 3.46. The van der Waals surface area contributed by atoms with Crippen LogP contribution in [-0.4, -0.2) is 44.0 Å². The molecule has 1 heterocycles. The highest BCUT2D eigenvalue weighted by atomic mass is 32.2. The van der Waals surface area contributed by atoms with E-state index in [1.807, 2.05) is 0 Å². The molecule has 8 nitrogen and oxygen atoms in total. The van der Waals surface area contributed by atoms with Crippen molar-refractivity contribution >= 4 is 17.7 Å². The van der Waals surface area contributed by atoms with E-state index in [2.05, 4.69) is 26.9 Å². The molecule has 0 aliphatic heterocycles. The van der Waals surface area contributed by atoms with Gasteiger partial charge in [-0.25, -0.2) is 4.68 Å². The fourth-order valence-corrected chi connectivity index (χ4v) is 2.60. The predicted molar refractivity (Wildman–Crippen MR) is 72.5 cm³/mol. The Kier molecular flexibility index (Phi) is 4.57. The maximum atomic E-state index is 11.9. The van der Waals surface area contributed by atoms with Crippen LogP contribution in [0.4, 0.5) is 0 Å². The number of aromatic nitrogens is 4. The summed E-state index contributed by atoms with van der Waals surface area (Å²) in [5, 5.41) is 23.7. The van der Waals surface area contributed by atoms with Crippen LogP contribution in [0, 0.1) is 17.2 Å². The zero-order valence-electron chi connectivity index (χ0n) is 11.2. The van der Waals surface area contributed by atoms with Crippen LogP contribution >= 0.6 is 11.8 Å². The molecule has 0 saturated heterocycles. The minimum atomic E-state index is -0.763. The molecule has 9 heteroatoms. The quantitative estimate of drug-likeness (QED) is 0.652. The van der Waals surface area contributed by atoms with Gasteiger partial charge < -0.3 is 11.1 Å². The number of amides is 1. The third-order valence-electron chi connectivity index (χ3n) is 3.20. The summed E-state index contributed by atoms with van der Waals surface area (Å²) in [6.07, 6.45) is 1.98. The van der Waals surface area contributed by atoms with Crippen molar-refractivity contribution < 1.29 is 4.79 Å². The molecule has 1 unspecified atom stereocenters. The molecule has 1 aliphatic carbocycles. The molecule has 1 saturated carbocycles. The minimum Gasteiger partial charge on any atom is -0.337 e. The molecule has 1 atom stereocenters. The van der Waals surface area contributed by atoms with E-state index in [0.717, 1.165) is 12.8 Å². The lowest BCUT2D eigenvalue weighted by Crippen LogP contribution is -2.47. The second-order valence-corrected chi connectivity index (χ2v) is 5.84. The van der Waals surface area contributed by atoms with Crippen LogP contribution in [0.2, 0.25) is 0 Å². The van der Waals surface area contributed by atoms with Gasteiger partial charge in [0, 0.05) is 6.54 Å². The Bertz CT molecular complexity index is 521. The highest BCUT2D eigenvalue weighted by Crippen LogP contribution is 2.39. The second kappa shape index (κ2) is 6.19. The average Bonchev–Trinajstić information content (AvgIpc) is 3.20. The first-order chi connectivity index (χ1) is 9.59. The largest absolute Gasteiger partial charge is 0.337 e. The van der Waals surface area contributed by atoms with Gasteiger partial charge in [0.05, 0.1) is 18.4 Å². The van der Waals surface area contributed by atoms with E-state index in [-0.39, 0.29) is 17.6 Å². The van der Waals surface area contributed by atoms with E-state index < -0.39 is 5.54 Å². The van der Waals surface area contributed by atoms with Gasteiger partial charge in [0.15, 0.2) is 0 Å². The lowest BCUT2D eigenvalue weighted by atomic mass is 9.98. The number of nitrogens with two attached hydrogens (primary N) is 1. The van der Waals surface area contributed by atoms with E-state index in [9.17, 15) is 10.1 Å². The molecule has 0 bridgehead atoms. The maximum absolute atomic E-state index is 11.9. The number of hydrogen-bond acceptors (Lipinski definition) is 7. The number of nitrogens with zero attached hydrogens (tertiary/aromatic N) is 5. The number of carbonyl (C=O) groups is 1. The Balaban J connectivity index is 1.86. The van der Waals surface area contributed by atoms with Crippen LogP contribution in [0.5, 0.6) is 0 Å². The highest BCUT2D eigenvalue weighted by Gasteiger charge is 2.42. The SMILES string of the molecule is CC(C#N)(NC(=O)CSc1nnnn1CCN)C1CC1. The molecule has 0 radical (unpaired) electrons. The summed E-state index contributed by atoms with van der Waals surface area (Å²) in [4.78, 5) is 11.9. The molecule has 0 spiro atoms. The molecular weight excluding hydrogens is 278 g/mol. The number of thioether (sulfide) groups is 1. The summed E-state index contributed by atoms with van der Waals surface area (Å²) >= 11 is 1.23.